The van der Waals surface area contributed by atoms with Crippen LogP contribution in [-0.4, -0.2) is 36.7 Å². The van der Waals surface area contributed by atoms with E-state index in [2.05, 4.69) is 22.4 Å². The molecule has 150 valence electrons. The van der Waals surface area contributed by atoms with Gasteiger partial charge in [0.25, 0.3) is 0 Å². The normalized spacial score (nSPS) is 30.7. The van der Waals surface area contributed by atoms with E-state index in [1.165, 1.54) is 50.3 Å². The lowest BCUT2D eigenvalue weighted by Gasteiger charge is -2.56. The molecule has 0 unspecified atom stereocenters. The second-order valence-corrected chi connectivity index (χ2v) is 10.0. The van der Waals surface area contributed by atoms with Crippen molar-refractivity contribution in [3.8, 4) is 0 Å². The highest BCUT2D eigenvalue weighted by molar-refractivity contribution is 7.99. The zero-order chi connectivity index (χ0) is 19.1. The van der Waals surface area contributed by atoms with Crippen LogP contribution in [0, 0.1) is 17.8 Å². The van der Waals surface area contributed by atoms with Crippen molar-refractivity contribution >= 4 is 17.7 Å². The molecule has 4 fully saturated rings. The van der Waals surface area contributed by atoms with Crippen molar-refractivity contribution in [2.75, 3.05) is 5.75 Å². The highest BCUT2D eigenvalue weighted by Crippen LogP contribution is 2.55. The molecule has 4 saturated carbocycles. The number of carbonyl (C=O) groups excluding carboxylic acids is 1. The molecule has 0 atom stereocenters. The summed E-state index contributed by atoms with van der Waals surface area (Å²) in [5.41, 5.74) is 0.0772. The van der Waals surface area contributed by atoms with E-state index in [0.717, 1.165) is 41.6 Å². The van der Waals surface area contributed by atoms with Gasteiger partial charge in [-0.15, -0.1) is 10.2 Å². The Kier molecular flexibility index (Phi) is 4.73. The number of carbonyl (C=O) groups is 1. The highest BCUT2D eigenvalue weighted by Gasteiger charge is 2.51. The van der Waals surface area contributed by atoms with E-state index >= 15 is 0 Å². The van der Waals surface area contributed by atoms with Gasteiger partial charge < -0.3 is 5.32 Å². The first-order chi connectivity index (χ1) is 13.6. The minimum Gasteiger partial charge on any atom is -0.350 e. The number of aromatic nitrogens is 4. The summed E-state index contributed by atoms with van der Waals surface area (Å²) in [6.07, 6.45) is 13.6. The van der Waals surface area contributed by atoms with Gasteiger partial charge in [0.15, 0.2) is 5.82 Å². The first kappa shape index (κ1) is 18.3. The molecule has 28 heavy (non-hydrogen) atoms. The minimum absolute atomic E-state index is 0.0772. The van der Waals surface area contributed by atoms with Gasteiger partial charge in [0.05, 0.1) is 5.75 Å². The first-order valence-corrected chi connectivity index (χ1v) is 11.6. The van der Waals surface area contributed by atoms with Gasteiger partial charge in [-0.1, -0.05) is 18.7 Å². The number of amides is 1. The smallest absolute Gasteiger partial charge is 0.230 e. The lowest BCUT2D eigenvalue weighted by molar-refractivity contribution is -0.124. The Labute approximate surface area is 170 Å². The quantitative estimate of drug-likeness (QED) is 0.724. The fraction of sp³-hybridized carbons (Fsp3) is 0.667. The molecule has 1 N–H and O–H groups in total. The second-order valence-electron chi connectivity index (χ2n) is 9.06. The fourth-order valence-electron chi connectivity index (χ4n) is 6.18. The number of hydrogen-bond acceptors (Lipinski definition) is 4. The number of hydrogen-bond donors (Lipinski definition) is 1. The van der Waals surface area contributed by atoms with E-state index in [0.29, 0.717) is 5.75 Å². The second kappa shape index (κ2) is 7.25. The third-order valence-electron chi connectivity index (χ3n) is 6.75. The van der Waals surface area contributed by atoms with Crippen molar-refractivity contribution in [2.24, 2.45) is 17.8 Å². The monoisotopic (exact) mass is 399 g/mol. The number of nitrogens with one attached hydrogen (secondary N) is 1. The van der Waals surface area contributed by atoms with Crippen LogP contribution in [-0.2, 0) is 11.2 Å². The summed E-state index contributed by atoms with van der Waals surface area (Å²) in [7, 11) is 0. The standard InChI is InChI=1S/C21H29N5OS/c1-2-5-18-23-24-20(26(18)25-6-3-4-7-25)28-14-19(27)22-21-11-15-8-16(12-21)10-17(9-15)13-21/h3-4,6-7,15-17H,2,5,8-14H2,1H3,(H,22,27). The van der Waals surface area contributed by atoms with Gasteiger partial charge in [0.2, 0.25) is 11.1 Å². The lowest BCUT2D eigenvalue weighted by atomic mass is 9.53. The van der Waals surface area contributed by atoms with Crippen LogP contribution >= 0.6 is 11.8 Å². The number of nitrogens with zero attached hydrogens (tertiary/aromatic N) is 4. The maximum atomic E-state index is 12.8. The minimum atomic E-state index is 0.0772. The van der Waals surface area contributed by atoms with Gasteiger partial charge in [-0.3, -0.25) is 9.47 Å². The van der Waals surface area contributed by atoms with Crippen LogP contribution in [0.4, 0.5) is 0 Å². The van der Waals surface area contributed by atoms with Gasteiger partial charge in [-0.25, -0.2) is 4.68 Å². The number of thioether (sulfide) groups is 1. The highest BCUT2D eigenvalue weighted by atomic mass is 32.2. The summed E-state index contributed by atoms with van der Waals surface area (Å²) in [5, 5.41) is 13.0. The summed E-state index contributed by atoms with van der Waals surface area (Å²) in [6.45, 7) is 2.14. The largest absolute Gasteiger partial charge is 0.350 e. The molecule has 2 heterocycles. The van der Waals surface area contributed by atoms with E-state index in [9.17, 15) is 4.79 Å². The van der Waals surface area contributed by atoms with Gasteiger partial charge in [-0.05, 0) is 74.8 Å². The molecule has 7 heteroatoms. The molecule has 0 aliphatic heterocycles. The van der Waals surface area contributed by atoms with Crippen LogP contribution in [0.5, 0.6) is 0 Å². The van der Waals surface area contributed by atoms with Crippen LogP contribution in [0.1, 0.15) is 57.7 Å². The van der Waals surface area contributed by atoms with E-state index in [-0.39, 0.29) is 11.4 Å². The maximum Gasteiger partial charge on any atom is 0.230 e. The number of rotatable bonds is 7. The van der Waals surface area contributed by atoms with Gasteiger partial charge in [0, 0.05) is 24.4 Å². The Morgan fingerprint density at radius 1 is 1.14 bits per heavy atom. The molecular weight excluding hydrogens is 370 g/mol. The summed E-state index contributed by atoms with van der Waals surface area (Å²) in [6, 6.07) is 3.98. The van der Waals surface area contributed by atoms with Crippen molar-refractivity contribution in [2.45, 2.75) is 69.0 Å². The van der Waals surface area contributed by atoms with Crippen LogP contribution in [0.3, 0.4) is 0 Å². The summed E-state index contributed by atoms with van der Waals surface area (Å²) < 4.78 is 4.01. The average molecular weight is 400 g/mol. The summed E-state index contributed by atoms with van der Waals surface area (Å²) in [5.74, 6) is 3.99. The molecule has 0 radical (unpaired) electrons. The Morgan fingerprint density at radius 3 is 2.39 bits per heavy atom. The lowest BCUT2D eigenvalue weighted by Crippen LogP contribution is -2.60. The molecule has 1 amide bonds. The molecule has 0 saturated heterocycles. The van der Waals surface area contributed by atoms with Crippen molar-refractivity contribution in [3.05, 3.63) is 30.4 Å². The van der Waals surface area contributed by atoms with Crippen LogP contribution in [0.25, 0.3) is 0 Å². The van der Waals surface area contributed by atoms with E-state index in [1.54, 1.807) is 0 Å². The Balaban J connectivity index is 1.26. The molecular formula is C21H29N5OS. The molecule has 4 bridgehead atoms. The molecule has 4 aliphatic rings. The van der Waals surface area contributed by atoms with Gasteiger partial charge >= 0.3 is 0 Å². The van der Waals surface area contributed by atoms with Crippen LogP contribution < -0.4 is 5.32 Å². The van der Waals surface area contributed by atoms with Crippen molar-refractivity contribution < 1.29 is 4.79 Å². The van der Waals surface area contributed by atoms with Crippen molar-refractivity contribution in [1.82, 2.24) is 24.9 Å². The molecule has 4 aliphatic carbocycles. The fourth-order valence-corrected chi connectivity index (χ4v) is 6.93. The van der Waals surface area contributed by atoms with Crippen molar-refractivity contribution in [1.29, 1.82) is 0 Å². The van der Waals surface area contributed by atoms with Gasteiger partial charge in [0.1, 0.15) is 0 Å². The zero-order valence-electron chi connectivity index (χ0n) is 16.5. The third kappa shape index (κ3) is 3.38. The zero-order valence-corrected chi connectivity index (χ0v) is 17.3. The SMILES string of the molecule is CCCc1nnc(SCC(=O)NC23CC4CC(CC(C4)C2)C3)n1-n1cccc1. The van der Waals surface area contributed by atoms with E-state index in [4.69, 9.17) is 0 Å². The third-order valence-corrected chi connectivity index (χ3v) is 7.66. The molecule has 2 aromatic heterocycles. The maximum absolute atomic E-state index is 12.8. The Morgan fingerprint density at radius 2 is 1.79 bits per heavy atom. The van der Waals surface area contributed by atoms with Crippen LogP contribution in [0.15, 0.2) is 29.7 Å². The molecule has 0 spiro atoms. The molecule has 6 nitrogen and oxygen atoms in total. The van der Waals surface area contributed by atoms with E-state index < -0.39 is 0 Å². The van der Waals surface area contributed by atoms with E-state index in [1.807, 2.05) is 33.9 Å². The first-order valence-electron chi connectivity index (χ1n) is 10.7. The molecule has 0 aromatic carbocycles. The predicted octanol–water partition coefficient (Wildman–Crippen LogP) is 3.52. The topological polar surface area (TPSA) is 64.7 Å². The summed E-state index contributed by atoms with van der Waals surface area (Å²) >= 11 is 1.49. The van der Waals surface area contributed by atoms with Crippen LogP contribution in [0.2, 0.25) is 0 Å². The van der Waals surface area contributed by atoms with Gasteiger partial charge in [-0.2, -0.15) is 0 Å². The molecule has 6 rings (SSSR count). The number of aryl methyl sites for hydroxylation is 1. The predicted molar refractivity (Wildman–Crippen MR) is 109 cm³/mol. The Bertz CT molecular complexity index is 808. The molecule has 2 aromatic rings. The summed E-state index contributed by atoms with van der Waals surface area (Å²) in [4.78, 5) is 12.8. The Hall–Kier alpha value is -1.76. The van der Waals surface area contributed by atoms with Crippen molar-refractivity contribution in [3.63, 3.8) is 0 Å². The average Bonchev–Trinajstić information content (AvgIpc) is 3.28.